The normalized spacial score (nSPS) is 9.83. The minimum atomic E-state index is -0.359. The van der Waals surface area contributed by atoms with Crippen LogP contribution in [0.3, 0.4) is 0 Å². The predicted octanol–water partition coefficient (Wildman–Crippen LogP) is 1.07. The maximum Gasteiger partial charge on any atom is 0.221 e. The molecule has 1 heterocycles. The van der Waals surface area contributed by atoms with Crippen molar-refractivity contribution < 1.29 is 4.79 Å². The molecule has 0 saturated heterocycles. The van der Waals surface area contributed by atoms with Crippen LogP contribution in [0.4, 0.5) is 0 Å². The number of hydrogen-bond acceptors (Lipinski definition) is 2. The smallest absolute Gasteiger partial charge is 0.221 e. The van der Waals surface area contributed by atoms with Gasteiger partial charge in [0.05, 0.1) is 6.42 Å². The van der Waals surface area contributed by atoms with Gasteiger partial charge in [-0.1, -0.05) is 11.6 Å². The number of carbonyl (C=O) groups is 1. The van der Waals surface area contributed by atoms with Crippen LogP contribution in [0, 0.1) is 6.92 Å². The van der Waals surface area contributed by atoms with Crippen molar-refractivity contribution in [3.05, 3.63) is 28.5 Å². The number of nitrogens with two attached hydrogens (primary N) is 1. The summed E-state index contributed by atoms with van der Waals surface area (Å²) in [5.74, 6) is -0.359. The Hall–Kier alpha value is -1.09. The molecule has 0 radical (unpaired) electrons. The minimum Gasteiger partial charge on any atom is -0.369 e. The SMILES string of the molecule is Cc1cc(Cl)ncc1CC(N)=O. The maximum atomic E-state index is 10.6. The maximum absolute atomic E-state index is 10.6. The lowest BCUT2D eigenvalue weighted by atomic mass is 10.1. The molecular weight excluding hydrogens is 176 g/mol. The summed E-state index contributed by atoms with van der Waals surface area (Å²) in [5, 5.41) is 0.431. The third-order valence-electron chi connectivity index (χ3n) is 1.55. The van der Waals surface area contributed by atoms with E-state index in [0.717, 1.165) is 11.1 Å². The Morgan fingerprint density at radius 1 is 1.75 bits per heavy atom. The van der Waals surface area contributed by atoms with Gasteiger partial charge < -0.3 is 5.73 Å². The molecule has 1 rings (SSSR count). The van der Waals surface area contributed by atoms with E-state index >= 15 is 0 Å². The van der Waals surface area contributed by atoms with E-state index in [2.05, 4.69) is 4.98 Å². The van der Waals surface area contributed by atoms with E-state index in [9.17, 15) is 4.79 Å². The van der Waals surface area contributed by atoms with Gasteiger partial charge in [0, 0.05) is 6.20 Å². The van der Waals surface area contributed by atoms with Crippen LogP contribution >= 0.6 is 11.6 Å². The second kappa shape index (κ2) is 3.54. The number of pyridine rings is 1. The third kappa shape index (κ3) is 2.20. The second-order valence-corrected chi connectivity index (χ2v) is 2.96. The number of amides is 1. The van der Waals surface area contributed by atoms with Crippen molar-refractivity contribution in [2.45, 2.75) is 13.3 Å². The Bertz CT molecular complexity index is 312. The molecule has 1 amide bonds. The minimum absolute atomic E-state index is 0.218. The lowest BCUT2D eigenvalue weighted by Crippen LogP contribution is -2.14. The monoisotopic (exact) mass is 184 g/mol. The molecule has 0 aliphatic carbocycles. The molecule has 1 aromatic heterocycles. The van der Waals surface area contributed by atoms with Crippen LogP contribution in [0.5, 0.6) is 0 Å². The van der Waals surface area contributed by atoms with Gasteiger partial charge in [-0.2, -0.15) is 0 Å². The van der Waals surface area contributed by atoms with Gasteiger partial charge in [-0.05, 0) is 24.1 Å². The van der Waals surface area contributed by atoms with Crippen LogP contribution in [0.2, 0.25) is 5.15 Å². The van der Waals surface area contributed by atoms with Crippen LogP contribution in [0.15, 0.2) is 12.3 Å². The molecule has 0 atom stereocenters. The Labute approximate surface area is 75.6 Å². The molecule has 0 spiro atoms. The van der Waals surface area contributed by atoms with E-state index in [1.54, 1.807) is 12.3 Å². The van der Waals surface area contributed by atoms with Crippen molar-refractivity contribution in [3.63, 3.8) is 0 Å². The van der Waals surface area contributed by atoms with Gasteiger partial charge in [-0.25, -0.2) is 4.98 Å². The van der Waals surface area contributed by atoms with Crippen LogP contribution in [-0.4, -0.2) is 10.9 Å². The van der Waals surface area contributed by atoms with E-state index in [1.165, 1.54) is 0 Å². The van der Waals surface area contributed by atoms with Gasteiger partial charge in [0.25, 0.3) is 0 Å². The van der Waals surface area contributed by atoms with E-state index < -0.39 is 0 Å². The van der Waals surface area contributed by atoms with Crippen LogP contribution in [-0.2, 0) is 11.2 Å². The van der Waals surface area contributed by atoms with Crippen molar-refractivity contribution in [2.75, 3.05) is 0 Å². The van der Waals surface area contributed by atoms with E-state index in [1.807, 2.05) is 6.92 Å². The summed E-state index contributed by atoms with van der Waals surface area (Å²) in [5.41, 5.74) is 6.80. The quantitative estimate of drug-likeness (QED) is 0.700. The first kappa shape index (κ1) is 9.00. The number of aromatic nitrogens is 1. The van der Waals surface area contributed by atoms with Crippen molar-refractivity contribution in [3.8, 4) is 0 Å². The first-order valence-electron chi connectivity index (χ1n) is 3.49. The summed E-state index contributed by atoms with van der Waals surface area (Å²) in [6, 6.07) is 1.71. The molecule has 0 unspecified atom stereocenters. The summed E-state index contributed by atoms with van der Waals surface area (Å²) >= 11 is 5.63. The highest BCUT2D eigenvalue weighted by Gasteiger charge is 2.02. The number of nitrogens with zero attached hydrogens (tertiary/aromatic N) is 1. The van der Waals surface area contributed by atoms with Gasteiger partial charge in [0.15, 0.2) is 0 Å². The Morgan fingerprint density at radius 3 is 2.92 bits per heavy atom. The number of primary amides is 1. The average molecular weight is 185 g/mol. The lowest BCUT2D eigenvalue weighted by Gasteiger charge is -2.01. The van der Waals surface area contributed by atoms with Gasteiger partial charge in [0.1, 0.15) is 5.15 Å². The Balaban J connectivity index is 2.93. The zero-order valence-electron chi connectivity index (χ0n) is 6.67. The van der Waals surface area contributed by atoms with Gasteiger partial charge in [-0.15, -0.1) is 0 Å². The molecular formula is C8H9ClN2O. The topological polar surface area (TPSA) is 56.0 Å². The van der Waals surface area contributed by atoms with Crippen LogP contribution in [0.1, 0.15) is 11.1 Å². The second-order valence-electron chi connectivity index (χ2n) is 2.58. The zero-order chi connectivity index (χ0) is 9.14. The first-order chi connectivity index (χ1) is 5.59. The Kier molecular flexibility index (Phi) is 2.65. The highest BCUT2D eigenvalue weighted by Crippen LogP contribution is 2.11. The highest BCUT2D eigenvalue weighted by molar-refractivity contribution is 6.29. The Morgan fingerprint density at radius 2 is 2.42 bits per heavy atom. The standard InChI is InChI=1S/C8H9ClN2O/c1-5-2-7(9)11-4-6(5)3-8(10)12/h2,4H,3H2,1H3,(H2,10,12). The number of halogens is 1. The molecule has 3 nitrogen and oxygen atoms in total. The molecule has 2 N–H and O–H groups in total. The highest BCUT2D eigenvalue weighted by atomic mass is 35.5. The van der Waals surface area contributed by atoms with E-state index in [-0.39, 0.29) is 12.3 Å². The fraction of sp³-hybridized carbons (Fsp3) is 0.250. The molecule has 0 saturated carbocycles. The molecule has 64 valence electrons. The molecule has 0 bridgehead atoms. The molecule has 12 heavy (non-hydrogen) atoms. The summed E-state index contributed by atoms with van der Waals surface area (Å²) < 4.78 is 0. The number of hydrogen-bond donors (Lipinski definition) is 1. The molecule has 0 aromatic carbocycles. The molecule has 4 heteroatoms. The first-order valence-corrected chi connectivity index (χ1v) is 3.86. The largest absolute Gasteiger partial charge is 0.369 e. The number of rotatable bonds is 2. The van der Waals surface area contributed by atoms with Gasteiger partial charge in [0.2, 0.25) is 5.91 Å². The average Bonchev–Trinajstić information content (AvgIpc) is 1.94. The van der Waals surface area contributed by atoms with Crippen molar-refractivity contribution in [1.29, 1.82) is 0 Å². The van der Waals surface area contributed by atoms with Crippen molar-refractivity contribution >= 4 is 17.5 Å². The summed E-state index contributed by atoms with van der Waals surface area (Å²) in [4.78, 5) is 14.4. The summed E-state index contributed by atoms with van der Waals surface area (Å²) in [7, 11) is 0. The van der Waals surface area contributed by atoms with Gasteiger partial charge >= 0.3 is 0 Å². The number of carbonyl (C=O) groups excluding carboxylic acids is 1. The number of aryl methyl sites for hydroxylation is 1. The van der Waals surface area contributed by atoms with E-state index in [0.29, 0.717) is 5.15 Å². The fourth-order valence-corrected chi connectivity index (χ4v) is 1.14. The van der Waals surface area contributed by atoms with Crippen molar-refractivity contribution in [2.24, 2.45) is 5.73 Å². The molecule has 0 aliphatic rings. The molecule has 1 aromatic rings. The molecule has 0 aliphatic heterocycles. The molecule has 0 fully saturated rings. The summed E-state index contributed by atoms with van der Waals surface area (Å²) in [6.45, 7) is 1.87. The van der Waals surface area contributed by atoms with Crippen molar-refractivity contribution in [1.82, 2.24) is 4.98 Å². The predicted molar refractivity (Wildman–Crippen MR) is 46.9 cm³/mol. The van der Waals surface area contributed by atoms with Gasteiger partial charge in [-0.3, -0.25) is 4.79 Å². The lowest BCUT2D eigenvalue weighted by molar-refractivity contribution is -0.117. The summed E-state index contributed by atoms with van der Waals surface area (Å²) in [6.07, 6.45) is 1.79. The van der Waals surface area contributed by atoms with E-state index in [4.69, 9.17) is 17.3 Å². The third-order valence-corrected chi connectivity index (χ3v) is 1.76. The van der Waals surface area contributed by atoms with Crippen LogP contribution in [0.25, 0.3) is 0 Å². The zero-order valence-corrected chi connectivity index (χ0v) is 7.43. The van der Waals surface area contributed by atoms with Crippen LogP contribution < -0.4 is 5.73 Å². The fourth-order valence-electron chi connectivity index (χ4n) is 0.923.